The number of ether oxygens (including phenoxy) is 2. The summed E-state index contributed by atoms with van der Waals surface area (Å²) < 4.78 is 17.7. The first-order chi connectivity index (χ1) is 13.7. The van der Waals surface area contributed by atoms with Gasteiger partial charge in [0.25, 0.3) is 0 Å². The summed E-state index contributed by atoms with van der Waals surface area (Å²) in [5.74, 6) is 1.90. The van der Waals surface area contributed by atoms with E-state index < -0.39 is 0 Å². The van der Waals surface area contributed by atoms with Gasteiger partial charge in [-0.25, -0.2) is 0 Å². The summed E-state index contributed by atoms with van der Waals surface area (Å²) >= 11 is 0. The first-order valence-corrected chi connectivity index (χ1v) is 10.4. The normalized spacial score (nSPS) is 21.6. The van der Waals surface area contributed by atoms with Gasteiger partial charge in [0.05, 0.1) is 25.4 Å². The number of benzene rings is 1. The Hall–Kier alpha value is -2.05. The molecule has 1 aromatic heterocycles. The third-order valence-corrected chi connectivity index (χ3v) is 5.84. The number of nitrogens with zero attached hydrogens (tertiary/aromatic N) is 2. The molecule has 152 valence electrons. The minimum absolute atomic E-state index is 0.305. The quantitative estimate of drug-likeness (QED) is 0.631. The standard InChI is InChI=1S/C22H31N3O3/c1-16-19-7-3-4-8-20(19)28-21(16)14-24-22(23-2)25-11-9-17(10-12-25)27-15-18-6-5-13-26-18/h3-4,7-8,17-18H,5-6,9-15H2,1-2H3,(H,23,24). The third-order valence-electron chi connectivity index (χ3n) is 5.84. The summed E-state index contributed by atoms with van der Waals surface area (Å²) in [5.41, 5.74) is 2.13. The van der Waals surface area contributed by atoms with E-state index in [1.165, 1.54) is 17.4 Å². The lowest BCUT2D eigenvalue weighted by Crippen LogP contribution is -2.47. The van der Waals surface area contributed by atoms with E-state index in [0.29, 0.717) is 18.8 Å². The van der Waals surface area contributed by atoms with Crippen molar-refractivity contribution in [1.29, 1.82) is 0 Å². The van der Waals surface area contributed by atoms with Crippen molar-refractivity contribution in [1.82, 2.24) is 10.2 Å². The zero-order valence-corrected chi connectivity index (χ0v) is 16.9. The molecule has 0 spiro atoms. The molecule has 1 aromatic carbocycles. The number of para-hydroxylation sites is 1. The Morgan fingerprint density at radius 1 is 1.25 bits per heavy atom. The van der Waals surface area contributed by atoms with Gasteiger partial charge in [-0.15, -0.1) is 0 Å². The number of piperidine rings is 1. The van der Waals surface area contributed by atoms with Crippen LogP contribution in [-0.2, 0) is 16.0 Å². The lowest BCUT2D eigenvalue weighted by molar-refractivity contribution is -0.0367. The highest BCUT2D eigenvalue weighted by molar-refractivity contribution is 5.83. The number of rotatable bonds is 5. The van der Waals surface area contributed by atoms with Gasteiger partial charge < -0.3 is 24.1 Å². The Morgan fingerprint density at radius 3 is 2.79 bits per heavy atom. The van der Waals surface area contributed by atoms with Crippen molar-refractivity contribution in [2.45, 2.75) is 51.4 Å². The molecule has 4 rings (SSSR count). The molecule has 1 N–H and O–H groups in total. The van der Waals surface area contributed by atoms with Crippen LogP contribution in [0.4, 0.5) is 0 Å². The van der Waals surface area contributed by atoms with Crippen LogP contribution in [0.1, 0.15) is 37.0 Å². The molecule has 2 saturated heterocycles. The van der Waals surface area contributed by atoms with Crippen LogP contribution in [0.25, 0.3) is 11.0 Å². The summed E-state index contributed by atoms with van der Waals surface area (Å²) in [4.78, 5) is 6.78. The van der Waals surface area contributed by atoms with Crippen molar-refractivity contribution in [2.75, 3.05) is 33.4 Å². The molecule has 0 aliphatic carbocycles. The van der Waals surface area contributed by atoms with Crippen LogP contribution in [0.5, 0.6) is 0 Å². The highest BCUT2D eigenvalue weighted by Crippen LogP contribution is 2.25. The maximum atomic E-state index is 6.08. The van der Waals surface area contributed by atoms with Crippen LogP contribution in [0.15, 0.2) is 33.7 Å². The van der Waals surface area contributed by atoms with Crippen molar-refractivity contribution in [2.24, 2.45) is 4.99 Å². The molecule has 1 unspecified atom stereocenters. The van der Waals surface area contributed by atoms with Crippen molar-refractivity contribution >= 4 is 16.9 Å². The van der Waals surface area contributed by atoms with Crippen LogP contribution in [0.3, 0.4) is 0 Å². The maximum Gasteiger partial charge on any atom is 0.194 e. The molecule has 1 atom stereocenters. The van der Waals surface area contributed by atoms with Gasteiger partial charge in [-0.05, 0) is 38.7 Å². The average molecular weight is 386 g/mol. The largest absolute Gasteiger partial charge is 0.459 e. The van der Waals surface area contributed by atoms with E-state index in [2.05, 4.69) is 28.2 Å². The average Bonchev–Trinajstić information content (AvgIpc) is 3.36. The van der Waals surface area contributed by atoms with Crippen LogP contribution in [0, 0.1) is 6.92 Å². The highest BCUT2D eigenvalue weighted by atomic mass is 16.5. The third kappa shape index (κ3) is 4.33. The van der Waals surface area contributed by atoms with Gasteiger partial charge in [0, 0.05) is 37.7 Å². The van der Waals surface area contributed by atoms with Crippen molar-refractivity contribution < 1.29 is 13.9 Å². The molecule has 0 radical (unpaired) electrons. The number of aliphatic imine (C=N–C) groups is 1. The maximum absolute atomic E-state index is 6.08. The summed E-state index contributed by atoms with van der Waals surface area (Å²) in [6.45, 7) is 6.29. The molecule has 0 amide bonds. The van der Waals surface area contributed by atoms with Gasteiger partial charge in [0.2, 0.25) is 0 Å². The molecule has 2 aromatic rings. The number of likely N-dealkylation sites (tertiary alicyclic amines) is 1. The molecule has 2 aliphatic heterocycles. The number of guanidine groups is 1. The van der Waals surface area contributed by atoms with Gasteiger partial charge in [0.1, 0.15) is 11.3 Å². The second kappa shape index (κ2) is 8.97. The van der Waals surface area contributed by atoms with Gasteiger partial charge in [-0.3, -0.25) is 4.99 Å². The fourth-order valence-corrected chi connectivity index (χ4v) is 4.14. The fraction of sp³-hybridized carbons (Fsp3) is 0.591. The van der Waals surface area contributed by atoms with E-state index >= 15 is 0 Å². The molecule has 6 heteroatoms. The Kier molecular flexibility index (Phi) is 6.17. The lowest BCUT2D eigenvalue weighted by Gasteiger charge is -2.34. The van der Waals surface area contributed by atoms with E-state index in [-0.39, 0.29) is 0 Å². The minimum atomic E-state index is 0.305. The smallest absolute Gasteiger partial charge is 0.194 e. The summed E-state index contributed by atoms with van der Waals surface area (Å²) in [6.07, 6.45) is 4.99. The molecular formula is C22H31N3O3. The monoisotopic (exact) mass is 385 g/mol. The second-order valence-electron chi connectivity index (χ2n) is 7.70. The number of hydrogen-bond acceptors (Lipinski definition) is 4. The van der Waals surface area contributed by atoms with Crippen LogP contribution in [-0.4, -0.2) is 56.4 Å². The molecule has 2 fully saturated rings. The zero-order valence-electron chi connectivity index (χ0n) is 16.9. The first-order valence-electron chi connectivity index (χ1n) is 10.4. The lowest BCUT2D eigenvalue weighted by atomic mass is 10.1. The van der Waals surface area contributed by atoms with E-state index in [4.69, 9.17) is 13.9 Å². The Bertz CT molecular complexity index is 802. The van der Waals surface area contributed by atoms with E-state index in [1.807, 2.05) is 25.2 Å². The Balaban J connectivity index is 1.27. The molecule has 6 nitrogen and oxygen atoms in total. The second-order valence-corrected chi connectivity index (χ2v) is 7.70. The zero-order chi connectivity index (χ0) is 19.3. The van der Waals surface area contributed by atoms with Crippen molar-refractivity contribution in [3.8, 4) is 0 Å². The van der Waals surface area contributed by atoms with Crippen molar-refractivity contribution in [3.63, 3.8) is 0 Å². The van der Waals surface area contributed by atoms with Gasteiger partial charge in [-0.2, -0.15) is 0 Å². The van der Waals surface area contributed by atoms with Crippen molar-refractivity contribution in [3.05, 3.63) is 35.6 Å². The first kappa shape index (κ1) is 19.3. The van der Waals surface area contributed by atoms with Gasteiger partial charge in [-0.1, -0.05) is 18.2 Å². The van der Waals surface area contributed by atoms with E-state index in [9.17, 15) is 0 Å². The number of nitrogens with one attached hydrogen (secondary N) is 1. The predicted octanol–water partition coefficient (Wildman–Crippen LogP) is 3.48. The summed E-state index contributed by atoms with van der Waals surface area (Å²) in [7, 11) is 1.84. The molecule has 0 saturated carbocycles. The molecule has 3 heterocycles. The van der Waals surface area contributed by atoms with Gasteiger partial charge in [0.15, 0.2) is 5.96 Å². The topological polar surface area (TPSA) is 59.2 Å². The summed E-state index contributed by atoms with van der Waals surface area (Å²) in [5, 5.41) is 4.65. The predicted molar refractivity (Wildman–Crippen MR) is 111 cm³/mol. The minimum Gasteiger partial charge on any atom is -0.459 e. The number of hydrogen-bond donors (Lipinski definition) is 1. The SMILES string of the molecule is CN=C(NCc1oc2ccccc2c1C)N1CCC(OCC2CCCO2)CC1. The van der Waals surface area contributed by atoms with E-state index in [0.717, 1.165) is 62.9 Å². The summed E-state index contributed by atoms with van der Waals surface area (Å²) in [6, 6.07) is 8.18. The number of furan rings is 1. The molecular weight excluding hydrogens is 354 g/mol. The molecule has 2 aliphatic rings. The van der Waals surface area contributed by atoms with Crippen LogP contribution >= 0.6 is 0 Å². The highest BCUT2D eigenvalue weighted by Gasteiger charge is 2.24. The Labute approximate surface area is 166 Å². The number of fused-ring (bicyclic) bond motifs is 1. The molecule has 28 heavy (non-hydrogen) atoms. The number of aryl methyl sites for hydroxylation is 1. The van der Waals surface area contributed by atoms with Crippen LogP contribution < -0.4 is 5.32 Å². The Morgan fingerprint density at radius 2 is 2.07 bits per heavy atom. The van der Waals surface area contributed by atoms with E-state index in [1.54, 1.807) is 0 Å². The van der Waals surface area contributed by atoms with Gasteiger partial charge >= 0.3 is 0 Å². The fourth-order valence-electron chi connectivity index (χ4n) is 4.14. The molecule has 0 bridgehead atoms. The van der Waals surface area contributed by atoms with Crippen LogP contribution in [0.2, 0.25) is 0 Å².